The van der Waals surface area contributed by atoms with Crippen LogP contribution in [0.2, 0.25) is 0 Å². The van der Waals surface area contributed by atoms with Crippen molar-refractivity contribution in [2.75, 3.05) is 4.90 Å². The van der Waals surface area contributed by atoms with E-state index in [-0.39, 0.29) is 23.1 Å². The van der Waals surface area contributed by atoms with Crippen LogP contribution in [0.1, 0.15) is 79.0 Å². The fourth-order valence-electron chi connectivity index (χ4n) is 11.7. The Hall–Kier alpha value is -7.24. The SMILES string of the molecule is CC(C)(C)c1ccc(N2c3cc(C(C)(C)C)cc4c3B(c3c2n(-c2ccccc2)c2ccc(C(C)(C)C)cc32)n2c3ccccc3c3c2c-4cc2c4ccccc4n(-c4ccccc4)c23)cc1. The Morgan fingerprint density at radius 3 is 1.60 bits per heavy atom. The van der Waals surface area contributed by atoms with Crippen LogP contribution < -0.4 is 15.8 Å². The normalized spacial score (nSPS) is 13.7. The molecule has 0 saturated carbocycles. The Morgan fingerprint density at radius 1 is 0.373 bits per heavy atom. The second-order valence-electron chi connectivity index (χ2n) is 22.3. The van der Waals surface area contributed by atoms with E-state index < -0.39 is 0 Å². The number of hydrogen-bond donors (Lipinski definition) is 0. The van der Waals surface area contributed by atoms with Crippen molar-refractivity contribution in [1.82, 2.24) is 13.6 Å². The molecule has 3 aromatic heterocycles. The Bertz CT molecular complexity index is 3840. The number of fused-ring (bicyclic) bond motifs is 13. The van der Waals surface area contributed by atoms with Crippen molar-refractivity contribution in [2.45, 2.75) is 78.6 Å². The molecular weight excluding hydrogens is 812 g/mol. The van der Waals surface area contributed by atoms with Gasteiger partial charge in [0.1, 0.15) is 5.82 Å². The van der Waals surface area contributed by atoms with Gasteiger partial charge in [-0.3, -0.25) is 9.47 Å². The van der Waals surface area contributed by atoms with Gasteiger partial charge in [0.15, 0.2) is 0 Å². The monoisotopic (exact) mass is 866 g/mol. The highest BCUT2D eigenvalue weighted by molar-refractivity contribution is 6.91. The van der Waals surface area contributed by atoms with Crippen molar-refractivity contribution in [3.8, 4) is 22.5 Å². The molecule has 2 aliphatic heterocycles. The molecule has 67 heavy (non-hydrogen) atoms. The lowest BCUT2D eigenvalue weighted by atomic mass is 9.45. The first-order valence-corrected chi connectivity index (χ1v) is 24.1. The van der Waals surface area contributed by atoms with Crippen LogP contribution in [0, 0.1) is 0 Å². The van der Waals surface area contributed by atoms with E-state index >= 15 is 0 Å². The molecule has 0 unspecified atom stereocenters. The van der Waals surface area contributed by atoms with Gasteiger partial charge in [-0.2, -0.15) is 0 Å². The first-order valence-electron chi connectivity index (χ1n) is 24.1. The summed E-state index contributed by atoms with van der Waals surface area (Å²) in [6, 6.07) is 64.7. The summed E-state index contributed by atoms with van der Waals surface area (Å²) in [7, 11) is 0. The minimum Gasteiger partial charge on any atom is -0.375 e. The van der Waals surface area contributed by atoms with Crippen molar-refractivity contribution in [3.63, 3.8) is 0 Å². The number of benzene rings is 8. The number of aromatic nitrogens is 3. The highest BCUT2D eigenvalue weighted by Gasteiger charge is 2.47. The Morgan fingerprint density at radius 2 is 0.940 bits per heavy atom. The van der Waals surface area contributed by atoms with Gasteiger partial charge in [-0.1, -0.05) is 159 Å². The average Bonchev–Trinajstić information content (AvgIpc) is 3.96. The summed E-state index contributed by atoms with van der Waals surface area (Å²) in [5.41, 5.74) is 20.1. The van der Waals surface area contributed by atoms with E-state index in [1.165, 1.54) is 110 Å². The van der Waals surface area contributed by atoms with Gasteiger partial charge in [-0.05, 0) is 122 Å². The molecule has 0 N–H and O–H groups in total. The quantitative estimate of drug-likeness (QED) is 0.162. The predicted molar refractivity (Wildman–Crippen MR) is 287 cm³/mol. The second kappa shape index (κ2) is 13.7. The van der Waals surface area contributed by atoms with Gasteiger partial charge in [0.25, 0.3) is 0 Å². The van der Waals surface area contributed by atoms with Crippen LogP contribution in [0.25, 0.3) is 77.0 Å². The smallest absolute Gasteiger partial charge is 0.335 e. The van der Waals surface area contributed by atoms with Gasteiger partial charge in [0, 0.05) is 66.4 Å². The first-order chi connectivity index (χ1) is 32.2. The van der Waals surface area contributed by atoms with Gasteiger partial charge < -0.3 is 9.05 Å². The number of rotatable bonds is 3. The van der Waals surface area contributed by atoms with Crippen molar-refractivity contribution in [3.05, 3.63) is 187 Å². The van der Waals surface area contributed by atoms with Gasteiger partial charge in [0.2, 0.25) is 0 Å². The van der Waals surface area contributed by atoms with E-state index in [0.717, 1.165) is 11.4 Å². The third-order valence-electron chi connectivity index (χ3n) is 15.0. The maximum atomic E-state index is 2.76. The van der Waals surface area contributed by atoms with Gasteiger partial charge in [0.05, 0.1) is 16.6 Å². The van der Waals surface area contributed by atoms with Gasteiger partial charge in [-0.25, -0.2) is 0 Å². The summed E-state index contributed by atoms with van der Waals surface area (Å²) >= 11 is 0. The molecule has 0 radical (unpaired) electrons. The fourth-order valence-corrected chi connectivity index (χ4v) is 11.7. The summed E-state index contributed by atoms with van der Waals surface area (Å²) in [6.07, 6.45) is 0. The lowest BCUT2D eigenvalue weighted by molar-refractivity contribution is 0.590. The molecule has 4 nitrogen and oxygen atoms in total. The molecule has 0 amide bonds. The number of para-hydroxylation sites is 4. The molecule has 0 bridgehead atoms. The number of hydrogen-bond acceptors (Lipinski definition) is 1. The van der Waals surface area contributed by atoms with Crippen molar-refractivity contribution < 1.29 is 0 Å². The van der Waals surface area contributed by atoms with Crippen LogP contribution in [0.5, 0.6) is 0 Å². The molecule has 5 heteroatoms. The molecule has 11 aromatic rings. The van der Waals surface area contributed by atoms with Crippen LogP contribution in [0.3, 0.4) is 0 Å². The van der Waals surface area contributed by atoms with E-state index in [1.807, 2.05) is 0 Å². The third kappa shape index (κ3) is 5.61. The maximum absolute atomic E-state index is 2.76. The maximum Gasteiger partial charge on any atom is 0.335 e. The molecule has 0 saturated heterocycles. The molecule has 0 spiro atoms. The Labute approximate surface area is 393 Å². The average molecular weight is 867 g/mol. The second-order valence-corrected chi connectivity index (χ2v) is 22.3. The van der Waals surface area contributed by atoms with Gasteiger partial charge in [-0.15, -0.1) is 0 Å². The van der Waals surface area contributed by atoms with Crippen LogP contribution in [-0.2, 0) is 16.2 Å². The lowest BCUT2D eigenvalue weighted by Crippen LogP contribution is -2.57. The molecule has 8 aromatic carbocycles. The molecule has 5 heterocycles. The molecule has 0 atom stereocenters. The van der Waals surface area contributed by atoms with E-state index in [4.69, 9.17) is 0 Å². The van der Waals surface area contributed by atoms with Crippen LogP contribution in [0.15, 0.2) is 170 Å². The molecule has 0 aliphatic carbocycles. The molecular formula is C62H55BN4. The zero-order valence-electron chi connectivity index (χ0n) is 40.0. The fraction of sp³-hybridized carbons (Fsp3) is 0.194. The summed E-state index contributed by atoms with van der Waals surface area (Å²) in [5.74, 6) is 1.19. The summed E-state index contributed by atoms with van der Waals surface area (Å²) in [5, 5.41) is 6.42. The first kappa shape index (κ1) is 40.1. The zero-order chi connectivity index (χ0) is 45.9. The van der Waals surface area contributed by atoms with E-state index in [1.54, 1.807) is 0 Å². The molecule has 2 aliphatic rings. The number of nitrogens with zero attached hydrogens (tertiary/aromatic N) is 4. The highest BCUT2D eigenvalue weighted by atomic mass is 15.3. The van der Waals surface area contributed by atoms with E-state index in [9.17, 15) is 0 Å². The molecule has 326 valence electrons. The minimum absolute atomic E-state index is 0.0177. The Kier molecular flexibility index (Phi) is 8.18. The van der Waals surface area contributed by atoms with Crippen LogP contribution in [-0.4, -0.2) is 20.5 Å². The summed E-state index contributed by atoms with van der Waals surface area (Å²) in [4.78, 5) is 2.63. The minimum atomic E-state index is -0.135. The van der Waals surface area contributed by atoms with Crippen LogP contribution in [0.4, 0.5) is 17.2 Å². The third-order valence-corrected chi connectivity index (χ3v) is 15.0. The standard InChI is InChI=1S/C62H55BN4/c1-60(2,3)38-28-31-43(32-29-38)66-53-36-40(62(7,8)9)35-46-48-37-47-44-24-16-18-26-50(44)64(41-20-12-10-13-21-41)57(47)54-45-25-17-19-27-52(45)67(58(48)54)63(55(46)53)56-49-34-39(61(4,5)6)30-33-51(49)65(59(56)66)42-22-14-11-15-23-42/h10-37H,1-9H3. The summed E-state index contributed by atoms with van der Waals surface area (Å²) < 4.78 is 7.85. The zero-order valence-corrected chi connectivity index (χ0v) is 40.0. The van der Waals surface area contributed by atoms with Crippen LogP contribution >= 0.6 is 0 Å². The number of anilines is 3. The molecule has 13 rings (SSSR count). The van der Waals surface area contributed by atoms with Gasteiger partial charge >= 0.3 is 6.85 Å². The summed E-state index contributed by atoms with van der Waals surface area (Å²) in [6.45, 7) is 20.9. The molecule has 0 fully saturated rings. The Balaban J connectivity index is 1.28. The van der Waals surface area contributed by atoms with Crippen molar-refractivity contribution >= 4 is 89.5 Å². The van der Waals surface area contributed by atoms with Crippen molar-refractivity contribution in [2.24, 2.45) is 0 Å². The lowest BCUT2D eigenvalue weighted by Gasteiger charge is -2.41. The topological polar surface area (TPSA) is 18.0 Å². The highest BCUT2D eigenvalue weighted by Crippen LogP contribution is 2.52. The largest absolute Gasteiger partial charge is 0.375 e. The van der Waals surface area contributed by atoms with E-state index in [0.29, 0.717) is 0 Å². The van der Waals surface area contributed by atoms with E-state index in [2.05, 4.69) is 251 Å². The van der Waals surface area contributed by atoms with Crippen molar-refractivity contribution in [1.29, 1.82) is 0 Å². The predicted octanol–water partition coefficient (Wildman–Crippen LogP) is 15.1.